The summed E-state index contributed by atoms with van der Waals surface area (Å²) in [6.07, 6.45) is -5.34. The van der Waals surface area contributed by atoms with Gasteiger partial charge < -0.3 is 10.4 Å². The molecule has 0 saturated heterocycles. The van der Waals surface area contributed by atoms with Crippen LogP contribution in [0.5, 0.6) is 0 Å². The van der Waals surface area contributed by atoms with Gasteiger partial charge in [-0.2, -0.15) is 18.3 Å². The average Bonchev–Trinajstić information content (AvgIpc) is 3.31. The summed E-state index contributed by atoms with van der Waals surface area (Å²) in [5, 5.41) is 24.6. The van der Waals surface area contributed by atoms with Crippen LogP contribution in [0.25, 0.3) is 16.9 Å². The van der Waals surface area contributed by atoms with Crippen molar-refractivity contribution >= 4 is 17.4 Å². The number of aromatic nitrogens is 7. The molecule has 4 aromatic rings. The van der Waals surface area contributed by atoms with Gasteiger partial charge in [-0.05, 0) is 18.2 Å². The highest BCUT2D eigenvalue weighted by Crippen LogP contribution is 2.48. The molecule has 9 nitrogen and oxygen atoms in total. The molecule has 1 aliphatic heterocycles. The Morgan fingerprint density at radius 3 is 2.71 bits per heavy atom. The molecule has 31 heavy (non-hydrogen) atoms. The number of alkyl halides is 4. The maximum Gasteiger partial charge on any atom is 0.430 e. The van der Waals surface area contributed by atoms with Crippen LogP contribution in [0.4, 0.5) is 29.3 Å². The van der Waals surface area contributed by atoms with Gasteiger partial charge in [0.1, 0.15) is 17.7 Å². The van der Waals surface area contributed by atoms with Gasteiger partial charge >= 0.3 is 6.18 Å². The second-order valence-electron chi connectivity index (χ2n) is 7.10. The van der Waals surface area contributed by atoms with Gasteiger partial charge in [0.05, 0.1) is 17.6 Å². The number of aliphatic hydroxyl groups is 1. The van der Waals surface area contributed by atoms with Crippen molar-refractivity contribution in [2.24, 2.45) is 7.05 Å². The summed E-state index contributed by atoms with van der Waals surface area (Å²) in [6, 6.07) is 5.61. The van der Waals surface area contributed by atoms with Gasteiger partial charge in [-0.3, -0.25) is 9.08 Å². The van der Waals surface area contributed by atoms with Gasteiger partial charge in [-0.25, -0.2) is 14.4 Å². The van der Waals surface area contributed by atoms with Gasteiger partial charge in [0.15, 0.2) is 5.65 Å². The zero-order chi connectivity index (χ0) is 22.0. The highest BCUT2D eigenvalue weighted by molar-refractivity contribution is 5.67. The zero-order valence-electron chi connectivity index (χ0n) is 15.8. The van der Waals surface area contributed by atoms with Crippen LogP contribution in [0.2, 0.25) is 0 Å². The average molecular weight is 434 g/mol. The van der Waals surface area contributed by atoms with Crippen molar-refractivity contribution in [2.45, 2.75) is 24.4 Å². The molecular weight excluding hydrogens is 420 g/mol. The lowest BCUT2D eigenvalue weighted by Crippen LogP contribution is -2.52. The largest absolute Gasteiger partial charge is 0.430 e. The van der Waals surface area contributed by atoms with Crippen molar-refractivity contribution in [3.05, 3.63) is 48.2 Å². The number of nitrogens with zero attached hydrogens (tertiary/aromatic N) is 7. The molecule has 13 heteroatoms. The van der Waals surface area contributed by atoms with E-state index in [2.05, 4.69) is 30.6 Å². The standard InChI is InChI=1S/C18H14F4N8O/c1-29-13(3-5-24-29)26-16-23-4-2-10(25-16)9-6-11-17(19,18(20,21)22)12(31)8-15-28-27-14(7-9)30(11)15/h2-7,12,31H,8H2,1H3,(H,23,25,26). The fourth-order valence-corrected chi connectivity index (χ4v) is 3.64. The van der Waals surface area contributed by atoms with Crippen LogP contribution in [0, 0.1) is 0 Å². The van der Waals surface area contributed by atoms with E-state index >= 15 is 4.39 Å². The number of anilines is 2. The maximum atomic E-state index is 15.4. The molecule has 5 rings (SSSR count). The van der Waals surface area contributed by atoms with E-state index in [0.717, 1.165) is 10.5 Å². The summed E-state index contributed by atoms with van der Waals surface area (Å²) in [4.78, 5) is 8.40. The van der Waals surface area contributed by atoms with Gasteiger partial charge in [0.25, 0.3) is 5.67 Å². The number of hydrogen-bond acceptors (Lipinski definition) is 7. The quantitative estimate of drug-likeness (QED) is 0.477. The van der Waals surface area contributed by atoms with E-state index in [0.29, 0.717) is 5.82 Å². The summed E-state index contributed by atoms with van der Waals surface area (Å²) in [5.74, 6) is 0.801. The first-order valence-electron chi connectivity index (χ1n) is 9.09. The van der Waals surface area contributed by atoms with Crippen LogP contribution in [-0.4, -0.2) is 51.7 Å². The Labute approximate surface area is 171 Å². The molecule has 0 amide bonds. The fraction of sp³-hybridized carbons (Fsp3) is 0.278. The van der Waals surface area contributed by atoms with E-state index in [1.54, 1.807) is 24.0 Å². The van der Waals surface area contributed by atoms with Crippen LogP contribution in [0.1, 0.15) is 11.5 Å². The molecule has 160 valence electrons. The van der Waals surface area contributed by atoms with Crippen LogP contribution in [0.3, 0.4) is 0 Å². The van der Waals surface area contributed by atoms with Crippen molar-refractivity contribution in [3.63, 3.8) is 0 Å². The topological polar surface area (TPSA) is 106 Å². The smallest absolute Gasteiger partial charge is 0.388 e. The molecule has 0 spiro atoms. The van der Waals surface area contributed by atoms with Gasteiger partial charge in [-0.1, -0.05) is 0 Å². The predicted molar refractivity (Wildman–Crippen MR) is 99.1 cm³/mol. The lowest BCUT2D eigenvalue weighted by molar-refractivity contribution is -0.270. The minimum absolute atomic E-state index is 0.0143. The zero-order valence-corrected chi connectivity index (χ0v) is 15.8. The van der Waals surface area contributed by atoms with E-state index in [9.17, 15) is 18.3 Å². The highest BCUT2D eigenvalue weighted by Gasteiger charge is 2.65. The molecule has 0 saturated carbocycles. The number of aliphatic hydroxyl groups excluding tert-OH is 1. The molecule has 2 atom stereocenters. The van der Waals surface area contributed by atoms with E-state index < -0.39 is 30.1 Å². The Bertz CT molecular complexity index is 1300. The molecule has 0 fully saturated rings. The minimum atomic E-state index is -5.35. The predicted octanol–water partition coefficient (Wildman–Crippen LogP) is 2.31. The lowest BCUT2D eigenvalue weighted by atomic mass is 9.87. The van der Waals surface area contributed by atoms with Crippen molar-refractivity contribution in [1.29, 1.82) is 0 Å². The van der Waals surface area contributed by atoms with E-state index in [1.165, 1.54) is 18.3 Å². The first kappa shape index (κ1) is 19.4. The number of hydrogen-bond donors (Lipinski definition) is 2. The minimum Gasteiger partial charge on any atom is -0.388 e. The second-order valence-corrected chi connectivity index (χ2v) is 7.10. The Balaban J connectivity index is 1.65. The van der Waals surface area contributed by atoms with Crippen LogP contribution in [-0.2, 0) is 19.1 Å². The second kappa shape index (κ2) is 6.44. The third-order valence-electron chi connectivity index (χ3n) is 5.21. The van der Waals surface area contributed by atoms with Crippen LogP contribution < -0.4 is 5.32 Å². The summed E-state index contributed by atoms with van der Waals surface area (Å²) >= 11 is 0. The van der Waals surface area contributed by atoms with E-state index in [-0.39, 0.29) is 28.7 Å². The summed E-state index contributed by atoms with van der Waals surface area (Å²) < 4.78 is 59.1. The maximum absolute atomic E-state index is 15.4. The first-order chi connectivity index (χ1) is 14.7. The summed E-state index contributed by atoms with van der Waals surface area (Å²) in [7, 11) is 1.71. The van der Waals surface area contributed by atoms with Gasteiger partial charge in [0.2, 0.25) is 5.95 Å². The normalized spacial score (nSPS) is 20.9. The van der Waals surface area contributed by atoms with Gasteiger partial charge in [-0.15, -0.1) is 10.2 Å². The van der Waals surface area contributed by atoms with Crippen LogP contribution in [0.15, 0.2) is 36.7 Å². The third-order valence-corrected chi connectivity index (χ3v) is 5.21. The molecule has 0 bridgehead atoms. The number of nitrogens with one attached hydrogen (secondary N) is 1. The van der Waals surface area contributed by atoms with E-state index in [4.69, 9.17) is 0 Å². The molecule has 5 heterocycles. The Morgan fingerprint density at radius 1 is 1.19 bits per heavy atom. The molecule has 0 aliphatic carbocycles. The number of aryl methyl sites for hydroxylation is 1. The SMILES string of the molecule is Cn1nccc1Nc1nccc(-c2cc3n4c(nnc4c2)CC(O)C3(F)C(F)(F)F)n1. The molecular formula is C18H14F4N8O. The van der Waals surface area contributed by atoms with Crippen molar-refractivity contribution in [3.8, 4) is 11.3 Å². The molecule has 0 aromatic carbocycles. The Hall–Kier alpha value is -3.61. The molecule has 0 radical (unpaired) electrons. The van der Waals surface area contributed by atoms with E-state index in [1.807, 2.05) is 0 Å². The molecule has 2 N–H and O–H groups in total. The lowest BCUT2D eigenvalue weighted by Gasteiger charge is -2.36. The fourth-order valence-electron chi connectivity index (χ4n) is 3.64. The molecule has 1 aliphatic rings. The Morgan fingerprint density at radius 2 is 2.00 bits per heavy atom. The monoisotopic (exact) mass is 434 g/mol. The van der Waals surface area contributed by atoms with Crippen molar-refractivity contribution in [2.75, 3.05) is 5.32 Å². The van der Waals surface area contributed by atoms with Crippen LogP contribution >= 0.6 is 0 Å². The highest BCUT2D eigenvalue weighted by atomic mass is 19.4. The molecule has 4 aromatic heterocycles. The van der Waals surface area contributed by atoms with Crippen molar-refractivity contribution in [1.82, 2.24) is 34.3 Å². The first-order valence-corrected chi connectivity index (χ1v) is 9.09. The third kappa shape index (κ3) is 2.84. The number of halogens is 4. The number of pyridine rings is 1. The summed E-state index contributed by atoms with van der Waals surface area (Å²) in [5.41, 5.74) is -4.38. The van der Waals surface area contributed by atoms with Gasteiger partial charge in [0, 0.05) is 31.3 Å². The molecule has 2 unspecified atom stereocenters. The summed E-state index contributed by atoms with van der Waals surface area (Å²) in [6.45, 7) is 0. The Kier molecular flexibility index (Phi) is 4.02. The van der Waals surface area contributed by atoms with Crippen molar-refractivity contribution < 1.29 is 22.7 Å². The number of rotatable bonds is 3.